The lowest BCUT2D eigenvalue weighted by Gasteiger charge is -2.38. The van der Waals surface area contributed by atoms with Crippen molar-refractivity contribution in [1.29, 1.82) is 0 Å². The predicted molar refractivity (Wildman–Crippen MR) is 83.0 cm³/mol. The van der Waals surface area contributed by atoms with Gasteiger partial charge in [0.05, 0.1) is 11.1 Å². The topological polar surface area (TPSA) is 49.3 Å². The monoisotopic (exact) mass is 277 g/mol. The standard InChI is InChI=1S/C17H27NO2/c1-15(2,3)13-10-8-12(9-11-13)14(19)18-16(4,5)17(6,7)20/h8-11,20H,1-7H3,(H,18,19). The zero-order chi connectivity index (χ0) is 15.8. The van der Waals surface area contributed by atoms with Crippen LogP contribution in [0, 0.1) is 0 Å². The summed E-state index contributed by atoms with van der Waals surface area (Å²) >= 11 is 0. The Kier molecular flexibility index (Phi) is 4.35. The third-order valence-electron chi connectivity index (χ3n) is 3.97. The van der Waals surface area contributed by atoms with Crippen molar-refractivity contribution in [3.8, 4) is 0 Å². The molecule has 0 atom stereocenters. The van der Waals surface area contributed by atoms with Crippen molar-refractivity contribution < 1.29 is 9.90 Å². The minimum Gasteiger partial charge on any atom is -0.388 e. The molecule has 0 fully saturated rings. The van der Waals surface area contributed by atoms with E-state index < -0.39 is 11.1 Å². The molecule has 3 heteroatoms. The summed E-state index contributed by atoms with van der Waals surface area (Å²) in [7, 11) is 0. The number of hydrogen-bond acceptors (Lipinski definition) is 2. The Hall–Kier alpha value is -1.35. The van der Waals surface area contributed by atoms with Gasteiger partial charge >= 0.3 is 0 Å². The molecule has 0 aromatic heterocycles. The van der Waals surface area contributed by atoms with Crippen LogP contribution >= 0.6 is 0 Å². The fraction of sp³-hybridized carbons (Fsp3) is 0.588. The molecule has 0 saturated heterocycles. The van der Waals surface area contributed by atoms with E-state index in [1.54, 1.807) is 13.8 Å². The fourth-order valence-corrected chi connectivity index (χ4v) is 1.63. The average molecular weight is 277 g/mol. The molecule has 0 unspecified atom stereocenters. The summed E-state index contributed by atoms with van der Waals surface area (Å²) in [6.07, 6.45) is 0. The maximum Gasteiger partial charge on any atom is 0.251 e. The summed E-state index contributed by atoms with van der Waals surface area (Å²) in [6.45, 7) is 13.4. The first-order chi connectivity index (χ1) is 8.84. The van der Waals surface area contributed by atoms with Gasteiger partial charge in [-0.05, 0) is 50.8 Å². The molecular weight excluding hydrogens is 250 g/mol. The van der Waals surface area contributed by atoms with E-state index in [0.29, 0.717) is 5.56 Å². The SMILES string of the molecule is CC(C)(C)c1ccc(C(=O)NC(C)(C)C(C)(C)O)cc1. The minimum atomic E-state index is -0.992. The zero-order valence-electron chi connectivity index (χ0n) is 13.7. The third kappa shape index (κ3) is 3.83. The van der Waals surface area contributed by atoms with Gasteiger partial charge in [-0.1, -0.05) is 32.9 Å². The predicted octanol–water partition coefficient (Wildman–Crippen LogP) is 3.26. The largest absolute Gasteiger partial charge is 0.388 e. The van der Waals surface area contributed by atoms with Gasteiger partial charge in [0.25, 0.3) is 5.91 Å². The molecule has 20 heavy (non-hydrogen) atoms. The second kappa shape index (κ2) is 5.21. The maximum atomic E-state index is 12.2. The Labute approximate surface area is 122 Å². The van der Waals surface area contributed by atoms with E-state index in [1.165, 1.54) is 5.56 Å². The Balaban J connectivity index is 2.90. The van der Waals surface area contributed by atoms with Gasteiger partial charge in [0.2, 0.25) is 0 Å². The summed E-state index contributed by atoms with van der Waals surface area (Å²) in [5.74, 6) is -0.169. The van der Waals surface area contributed by atoms with Gasteiger partial charge in [0, 0.05) is 5.56 Å². The molecule has 0 heterocycles. The first-order valence-corrected chi connectivity index (χ1v) is 7.00. The average Bonchev–Trinajstić information content (AvgIpc) is 2.26. The van der Waals surface area contributed by atoms with Gasteiger partial charge < -0.3 is 10.4 Å². The second-order valence-corrected chi connectivity index (χ2v) is 7.47. The zero-order valence-corrected chi connectivity index (χ0v) is 13.7. The molecule has 1 amide bonds. The molecule has 0 aliphatic heterocycles. The molecule has 0 spiro atoms. The van der Waals surface area contributed by atoms with Crippen LogP contribution in [0.5, 0.6) is 0 Å². The van der Waals surface area contributed by atoms with Gasteiger partial charge in [-0.25, -0.2) is 0 Å². The summed E-state index contributed by atoms with van der Waals surface area (Å²) in [4.78, 5) is 12.2. The molecule has 0 aliphatic rings. The number of hydrogen-bond donors (Lipinski definition) is 2. The highest BCUT2D eigenvalue weighted by molar-refractivity contribution is 5.94. The molecule has 0 aliphatic carbocycles. The molecule has 0 bridgehead atoms. The van der Waals surface area contributed by atoms with Gasteiger partial charge in [-0.3, -0.25) is 4.79 Å². The number of carbonyl (C=O) groups is 1. The number of rotatable bonds is 3. The van der Waals surface area contributed by atoms with Crippen molar-refractivity contribution in [3.05, 3.63) is 35.4 Å². The number of carbonyl (C=O) groups excluding carboxylic acids is 1. The van der Waals surface area contributed by atoms with E-state index in [0.717, 1.165) is 0 Å². The molecular formula is C17H27NO2. The van der Waals surface area contributed by atoms with Crippen LogP contribution in [0.2, 0.25) is 0 Å². The van der Waals surface area contributed by atoms with E-state index >= 15 is 0 Å². The quantitative estimate of drug-likeness (QED) is 0.891. The third-order valence-corrected chi connectivity index (χ3v) is 3.97. The van der Waals surface area contributed by atoms with E-state index in [-0.39, 0.29) is 11.3 Å². The van der Waals surface area contributed by atoms with Crippen molar-refractivity contribution in [1.82, 2.24) is 5.32 Å². The number of benzene rings is 1. The highest BCUT2D eigenvalue weighted by atomic mass is 16.3. The molecule has 1 rings (SSSR count). The minimum absolute atomic E-state index is 0.0708. The van der Waals surface area contributed by atoms with Gasteiger partial charge in [-0.2, -0.15) is 0 Å². The summed E-state index contributed by atoms with van der Waals surface area (Å²) in [6, 6.07) is 7.62. The van der Waals surface area contributed by atoms with Crippen molar-refractivity contribution in [3.63, 3.8) is 0 Å². The lowest BCUT2D eigenvalue weighted by atomic mass is 9.85. The summed E-state index contributed by atoms with van der Waals surface area (Å²) in [5, 5.41) is 13.0. The maximum absolute atomic E-state index is 12.2. The molecule has 112 valence electrons. The number of nitrogens with one attached hydrogen (secondary N) is 1. The van der Waals surface area contributed by atoms with Crippen LogP contribution < -0.4 is 5.32 Å². The summed E-state index contributed by atoms with van der Waals surface area (Å²) in [5.41, 5.74) is 0.174. The van der Waals surface area contributed by atoms with Crippen LogP contribution in [0.1, 0.15) is 64.4 Å². The van der Waals surface area contributed by atoms with E-state index in [2.05, 4.69) is 26.1 Å². The van der Waals surface area contributed by atoms with Crippen molar-refractivity contribution in [2.75, 3.05) is 0 Å². The van der Waals surface area contributed by atoms with Crippen LogP contribution in [0.25, 0.3) is 0 Å². The molecule has 0 saturated carbocycles. The van der Waals surface area contributed by atoms with Crippen LogP contribution in [0.15, 0.2) is 24.3 Å². The fourth-order valence-electron chi connectivity index (χ4n) is 1.63. The smallest absolute Gasteiger partial charge is 0.251 e. The highest BCUT2D eigenvalue weighted by Crippen LogP contribution is 2.23. The van der Waals surface area contributed by atoms with E-state index in [4.69, 9.17) is 0 Å². The normalized spacial score (nSPS) is 13.2. The Morgan fingerprint density at radius 3 is 1.75 bits per heavy atom. The molecule has 1 aromatic carbocycles. The van der Waals surface area contributed by atoms with Gasteiger partial charge in [-0.15, -0.1) is 0 Å². The lowest BCUT2D eigenvalue weighted by Crippen LogP contribution is -2.57. The Bertz CT molecular complexity index is 473. The van der Waals surface area contributed by atoms with E-state index in [9.17, 15) is 9.90 Å². The molecule has 2 N–H and O–H groups in total. The first-order valence-electron chi connectivity index (χ1n) is 7.00. The highest BCUT2D eigenvalue weighted by Gasteiger charge is 2.36. The van der Waals surface area contributed by atoms with Crippen LogP contribution in [0.3, 0.4) is 0 Å². The molecule has 0 radical (unpaired) electrons. The molecule has 3 nitrogen and oxygen atoms in total. The van der Waals surface area contributed by atoms with E-state index in [1.807, 2.05) is 38.1 Å². The van der Waals surface area contributed by atoms with Gasteiger partial charge in [0.15, 0.2) is 0 Å². The first kappa shape index (κ1) is 16.7. The van der Waals surface area contributed by atoms with Crippen LogP contribution in [-0.4, -0.2) is 22.2 Å². The lowest BCUT2D eigenvalue weighted by molar-refractivity contribution is -0.00292. The van der Waals surface area contributed by atoms with Crippen molar-refractivity contribution in [2.24, 2.45) is 0 Å². The number of aliphatic hydroxyl groups is 1. The van der Waals surface area contributed by atoms with Crippen molar-refractivity contribution in [2.45, 2.75) is 65.0 Å². The van der Waals surface area contributed by atoms with Crippen LogP contribution in [-0.2, 0) is 5.41 Å². The van der Waals surface area contributed by atoms with Gasteiger partial charge in [0.1, 0.15) is 0 Å². The van der Waals surface area contributed by atoms with Crippen molar-refractivity contribution >= 4 is 5.91 Å². The second-order valence-electron chi connectivity index (χ2n) is 7.47. The Morgan fingerprint density at radius 1 is 0.950 bits per heavy atom. The Morgan fingerprint density at radius 2 is 1.40 bits per heavy atom. The number of amides is 1. The summed E-state index contributed by atoms with van der Waals surface area (Å²) < 4.78 is 0. The van der Waals surface area contributed by atoms with Crippen LogP contribution in [0.4, 0.5) is 0 Å². The molecule has 1 aromatic rings.